The van der Waals surface area contributed by atoms with E-state index in [-0.39, 0.29) is 24.6 Å². The molecule has 1 aromatic heterocycles. The summed E-state index contributed by atoms with van der Waals surface area (Å²) in [6.45, 7) is 3.85. The van der Waals surface area contributed by atoms with Gasteiger partial charge >= 0.3 is 5.97 Å². The molecule has 25 heavy (non-hydrogen) atoms. The van der Waals surface area contributed by atoms with Crippen LogP contribution in [0.5, 0.6) is 5.75 Å². The van der Waals surface area contributed by atoms with Crippen LogP contribution < -0.4 is 10.2 Å². The molecule has 0 spiro atoms. The largest absolute Gasteiger partial charge is 0.488 e. The van der Waals surface area contributed by atoms with Gasteiger partial charge in [0.25, 0.3) is 0 Å². The molecule has 134 valence electrons. The van der Waals surface area contributed by atoms with Gasteiger partial charge in [-0.05, 0) is 26.0 Å². The van der Waals surface area contributed by atoms with Gasteiger partial charge in [0.2, 0.25) is 5.13 Å². The van der Waals surface area contributed by atoms with Crippen LogP contribution in [0.4, 0.5) is 13.9 Å². The normalized spacial score (nSPS) is 10.9. The van der Waals surface area contributed by atoms with Crippen molar-refractivity contribution in [3.05, 3.63) is 40.4 Å². The highest BCUT2D eigenvalue weighted by molar-refractivity contribution is 7.13. The van der Waals surface area contributed by atoms with Crippen LogP contribution in [-0.2, 0) is 16.0 Å². The maximum Gasteiger partial charge on any atom is 0.311 e. The Bertz CT molecular complexity index is 742. The number of carbonyl (C=O) groups excluding carboxylic acids is 1. The molecule has 1 N–H and O–H groups in total. The van der Waals surface area contributed by atoms with E-state index in [0.29, 0.717) is 17.4 Å². The molecular weight excluding hydrogens is 352 g/mol. The predicted molar refractivity (Wildman–Crippen MR) is 91.2 cm³/mol. The molecule has 2 aromatic rings. The smallest absolute Gasteiger partial charge is 0.311 e. The minimum absolute atomic E-state index is 0.0745. The Morgan fingerprint density at radius 2 is 2.04 bits per heavy atom. The third-order valence-electron chi connectivity index (χ3n) is 2.87. The molecule has 1 aromatic carbocycles. The molecular formula is C16H17F2N3O3S. The van der Waals surface area contributed by atoms with Gasteiger partial charge in [-0.25, -0.2) is 13.8 Å². The maximum absolute atomic E-state index is 13.7. The van der Waals surface area contributed by atoms with Crippen LogP contribution in [0.3, 0.4) is 0 Å². The van der Waals surface area contributed by atoms with Gasteiger partial charge in [-0.1, -0.05) is 0 Å². The summed E-state index contributed by atoms with van der Waals surface area (Å²) >= 11 is 1.25. The number of carbonyl (C=O) groups is 1. The lowest BCUT2D eigenvalue weighted by Crippen LogP contribution is -2.07. The van der Waals surface area contributed by atoms with Crippen molar-refractivity contribution < 1.29 is 23.0 Å². The van der Waals surface area contributed by atoms with Gasteiger partial charge in [0.1, 0.15) is 0 Å². The summed E-state index contributed by atoms with van der Waals surface area (Å²) < 4.78 is 37.2. The highest BCUT2D eigenvalue weighted by Gasteiger charge is 2.11. The molecule has 2 rings (SSSR count). The standard InChI is InChI=1S/C16H17F2N3O3S/c1-3-23-14(22)7-11-9-25-16(20-11)21-19-8-10-5-12(17)15(24-4-2)13(18)6-10/h5-6,8-9H,3-4,7H2,1-2H3,(H,20,21). The Hall–Kier alpha value is -2.55. The van der Waals surface area contributed by atoms with E-state index in [9.17, 15) is 13.6 Å². The van der Waals surface area contributed by atoms with Crippen molar-refractivity contribution in [2.75, 3.05) is 18.6 Å². The molecule has 0 amide bonds. The first-order valence-electron chi connectivity index (χ1n) is 7.54. The predicted octanol–water partition coefficient (Wildman–Crippen LogP) is 3.37. The van der Waals surface area contributed by atoms with Crippen LogP contribution in [0.1, 0.15) is 25.1 Å². The number of hydrazone groups is 1. The van der Waals surface area contributed by atoms with Crippen molar-refractivity contribution in [2.24, 2.45) is 5.10 Å². The molecule has 0 atom stereocenters. The van der Waals surface area contributed by atoms with Crippen LogP contribution in [-0.4, -0.2) is 30.4 Å². The van der Waals surface area contributed by atoms with Gasteiger partial charge < -0.3 is 9.47 Å². The third-order valence-corrected chi connectivity index (χ3v) is 3.66. The fourth-order valence-electron chi connectivity index (χ4n) is 1.90. The lowest BCUT2D eigenvalue weighted by Gasteiger charge is -2.06. The van der Waals surface area contributed by atoms with Crippen LogP contribution in [0.25, 0.3) is 0 Å². The second kappa shape index (κ2) is 9.07. The van der Waals surface area contributed by atoms with E-state index in [1.165, 1.54) is 17.6 Å². The zero-order valence-corrected chi connectivity index (χ0v) is 14.5. The maximum atomic E-state index is 13.7. The summed E-state index contributed by atoms with van der Waals surface area (Å²) in [4.78, 5) is 15.5. The number of thiazole rings is 1. The second-order valence-electron chi connectivity index (χ2n) is 4.74. The Kier molecular flexibility index (Phi) is 6.81. The molecule has 1 heterocycles. The average Bonchev–Trinajstić information content (AvgIpc) is 2.98. The minimum atomic E-state index is -0.797. The monoisotopic (exact) mass is 369 g/mol. The zero-order chi connectivity index (χ0) is 18.2. The number of anilines is 1. The summed E-state index contributed by atoms with van der Waals surface area (Å²) in [6.07, 6.45) is 1.33. The van der Waals surface area contributed by atoms with Gasteiger partial charge in [0.05, 0.1) is 31.5 Å². The number of esters is 1. The van der Waals surface area contributed by atoms with Crippen molar-refractivity contribution in [3.8, 4) is 5.75 Å². The van der Waals surface area contributed by atoms with Crippen LogP contribution in [0, 0.1) is 11.6 Å². The van der Waals surface area contributed by atoms with E-state index in [1.807, 2.05) is 0 Å². The first-order chi connectivity index (χ1) is 12.0. The summed E-state index contributed by atoms with van der Waals surface area (Å²) in [5.41, 5.74) is 3.43. The van der Waals surface area contributed by atoms with E-state index < -0.39 is 17.4 Å². The van der Waals surface area contributed by atoms with Crippen LogP contribution in [0.15, 0.2) is 22.6 Å². The Labute approximate surface area is 147 Å². The molecule has 0 fully saturated rings. The zero-order valence-electron chi connectivity index (χ0n) is 13.7. The van der Waals surface area contributed by atoms with Crippen LogP contribution >= 0.6 is 11.3 Å². The summed E-state index contributed by atoms with van der Waals surface area (Å²) in [7, 11) is 0. The van der Waals surface area contributed by atoms with Gasteiger partial charge in [-0.2, -0.15) is 5.10 Å². The number of aromatic nitrogens is 1. The quantitative estimate of drug-likeness (QED) is 0.439. The highest BCUT2D eigenvalue weighted by Crippen LogP contribution is 2.22. The van der Waals surface area contributed by atoms with E-state index in [1.54, 1.807) is 19.2 Å². The van der Waals surface area contributed by atoms with E-state index >= 15 is 0 Å². The van der Waals surface area contributed by atoms with Crippen molar-refractivity contribution in [1.29, 1.82) is 0 Å². The number of hydrogen-bond acceptors (Lipinski definition) is 7. The van der Waals surface area contributed by atoms with Crippen LogP contribution in [0.2, 0.25) is 0 Å². The Morgan fingerprint density at radius 1 is 1.32 bits per heavy atom. The average molecular weight is 369 g/mol. The first-order valence-corrected chi connectivity index (χ1v) is 8.42. The highest BCUT2D eigenvalue weighted by atomic mass is 32.1. The number of ether oxygens (including phenoxy) is 2. The van der Waals surface area contributed by atoms with Crippen molar-refractivity contribution >= 4 is 28.7 Å². The molecule has 0 aliphatic carbocycles. The molecule has 9 heteroatoms. The van der Waals surface area contributed by atoms with Gasteiger partial charge in [-0.15, -0.1) is 11.3 Å². The molecule has 0 saturated carbocycles. The molecule has 0 radical (unpaired) electrons. The van der Waals surface area contributed by atoms with Crippen molar-refractivity contribution in [3.63, 3.8) is 0 Å². The fourth-order valence-corrected chi connectivity index (χ4v) is 2.56. The Morgan fingerprint density at radius 3 is 2.68 bits per heavy atom. The summed E-state index contributed by atoms with van der Waals surface area (Å²) in [6, 6.07) is 2.24. The molecule has 6 nitrogen and oxygen atoms in total. The van der Waals surface area contributed by atoms with Crippen molar-refractivity contribution in [1.82, 2.24) is 4.98 Å². The summed E-state index contributed by atoms with van der Waals surface area (Å²) in [5.74, 6) is -2.36. The molecule has 0 bridgehead atoms. The fraction of sp³-hybridized carbons (Fsp3) is 0.312. The molecule has 0 unspecified atom stereocenters. The Balaban J connectivity index is 1.97. The number of halogens is 2. The van der Waals surface area contributed by atoms with Gasteiger partial charge in [0, 0.05) is 10.9 Å². The number of nitrogens with one attached hydrogen (secondary N) is 1. The van der Waals surface area contributed by atoms with E-state index in [0.717, 1.165) is 12.1 Å². The second-order valence-corrected chi connectivity index (χ2v) is 5.60. The van der Waals surface area contributed by atoms with Gasteiger partial charge in [0.15, 0.2) is 17.4 Å². The third kappa shape index (κ3) is 5.49. The SMILES string of the molecule is CCOC(=O)Cc1csc(NN=Cc2cc(F)c(OCC)c(F)c2)n1. The lowest BCUT2D eigenvalue weighted by atomic mass is 10.2. The lowest BCUT2D eigenvalue weighted by molar-refractivity contribution is -0.142. The number of hydrogen-bond donors (Lipinski definition) is 1. The number of rotatable bonds is 8. The number of nitrogens with zero attached hydrogens (tertiary/aromatic N) is 2. The molecule has 0 aliphatic rings. The topological polar surface area (TPSA) is 72.8 Å². The molecule has 0 aliphatic heterocycles. The van der Waals surface area contributed by atoms with Crippen molar-refractivity contribution in [2.45, 2.75) is 20.3 Å². The minimum Gasteiger partial charge on any atom is -0.488 e. The first kappa shape index (κ1) is 18.8. The van der Waals surface area contributed by atoms with Gasteiger partial charge in [-0.3, -0.25) is 10.2 Å². The summed E-state index contributed by atoms with van der Waals surface area (Å²) in [5, 5.41) is 6.03. The van der Waals surface area contributed by atoms with E-state index in [2.05, 4.69) is 15.5 Å². The van der Waals surface area contributed by atoms with E-state index in [4.69, 9.17) is 9.47 Å². The number of benzene rings is 1. The molecule has 0 saturated heterocycles.